The van der Waals surface area contributed by atoms with Crippen LogP contribution in [0.25, 0.3) is 0 Å². The molecule has 1 fully saturated rings. The first-order valence-electron chi connectivity index (χ1n) is 7.25. The molecule has 0 spiro atoms. The zero-order chi connectivity index (χ0) is 14.1. The molecule has 2 N–H and O–H groups in total. The van der Waals surface area contributed by atoms with Crippen molar-refractivity contribution >= 4 is 17.8 Å². The molecule has 0 radical (unpaired) electrons. The van der Waals surface area contributed by atoms with Crippen molar-refractivity contribution in [3.63, 3.8) is 0 Å². The summed E-state index contributed by atoms with van der Waals surface area (Å²) in [6.07, 6.45) is 8.53. The number of hydrogen-bond donors (Lipinski definition) is 2. The number of carboxylic acid groups (broad SMARTS) is 1. The summed E-state index contributed by atoms with van der Waals surface area (Å²) < 4.78 is 0. The number of amides is 2. The Bertz CT molecular complexity index is 492. The summed E-state index contributed by atoms with van der Waals surface area (Å²) >= 11 is 0. The van der Waals surface area contributed by atoms with E-state index in [0.717, 1.165) is 6.42 Å². The number of urea groups is 1. The fraction of sp³-hybridized carbons (Fsp3) is 0.643. The molecule has 1 atom stereocenters. The van der Waals surface area contributed by atoms with Gasteiger partial charge in [0.1, 0.15) is 11.4 Å². The van der Waals surface area contributed by atoms with Gasteiger partial charge in [-0.1, -0.05) is 32.1 Å². The Labute approximate surface area is 117 Å². The van der Waals surface area contributed by atoms with E-state index in [4.69, 9.17) is 5.11 Å². The Balaban J connectivity index is 1.73. The lowest BCUT2D eigenvalue weighted by molar-refractivity contribution is -0.132. The smallest absolute Gasteiger partial charge is 0.340 e. The molecule has 1 unspecified atom stereocenters. The van der Waals surface area contributed by atoms with Crippen LogP contribution in [0.1, 0.15) is 38.5 Å². The average molecular weight is 277 g/mol. The van der Waals surface area contributed by atoms with Crippen molar-refractivity contribution in [3.05, 3.63) is 11.8 Å². The molecule has 6 heteroatoms. The minimum Gasteiger partial charge on any atom is -0.478 e. The summed E-state index contributed by atoms with van der Waals surface area (Å²) in [4.78, 5) is 28.9. The summed E-state index contributed by atoms with van der Waals surface area (Å²) in [5.74, 6) is -0.0612. The van der Waals surface area contributed by atoms with Crippen LogP contribution in [0.5, 0.6) is 0 Å². The predicted octanol–water partition coefficient (Wildman–Crippen LogP) is 1.73. The van der Waals surface area contributed by atoms with E-state index in [2.05, 4.69) is 10.3 Å². The molecule has 108 valence electrons. The van der Waals surface area contributed by atoms with Gasteiger partial charge in [-0.15, -0.1) is 0 Å². The fourth-order valence-electron chi connectivity index (χ4n) is 3.34. The van der Waals surface area contributed by atoms with Crippen molar-refractivity contribution in [1.29, 1.82) is 0 Å². The SMILES string of the molecule is O=C(O)C1=CNC(=O)N2CC(CC3CCCCC3)N=C12. The third-order valence-electron chi connectivity index (χ3n) is 4.34. The molecule has 3 aliphatic rings. The number of rotatable bonds is 3. The van der Waals surface area contributed by atoms with Crippen molar-refractivity contribution in [1.82, 2.24) is 10.2 Å². The largest absolute Gasteiger partial charge is 0.478 e. The normalized spacial score (nSPS) is 26.7. The number of hydrogen-bond acceptors (Lipinski definition) is 3. The van der Waals surface area contributed by atoms with E-state index in [0.29, 0.717) is 18.3 Å². The maximum absolute atomic E-state index is 11.8. The number of carboxylic acids is 1. The van der Waals surface area contributed by atoms with Gasteiger partial charge >= 0.3 is 12.0 Å². The molecule has 0 aromatic rings. The highest BCUT2D eigenvalue weighted by Crippen LogP contribution is 2.30. The number of amidine groups is 1. The highest BCUT2D eigenvalue weighted by atomic mass is 16.4. The topological polar surface area (TPSA) is 82.0 Å². The molecule has 20 heavy (non-hydrogen) atoms. The lowest BCUT2D eigenvalue weighted by Crippen LogP contribution is -2.46. The van der Waals surface area contributed by atoms with Crippen molar-refractivity contribution in [2.45, 2.75) is 44.6 Å². The van der Waals surface area contributed by atoms with Crippen molar-refractivity contribution < 1.29 is 14.7 Å². The first-order valence-corrected chi connectivity index (χ1v) is 7.25. The van der Waals surface area contributed by atoms with Gasteiger partial charge in [0.05, 0.1) is 12.6 Å². The Kier molecular flexibility index (Phi) is 3.46. The lowest BCUT2D eigenvalue weighted by Gasteiger charge is -2.24. The second-order valence-corrected chi connectivity index (χ2v) is 5.77. The Hall–Kier alpha value is -1.85. The van der Waals surface area contributed by atoms with E-state index in [-0.39, 0.29) is 17.6 Å². The lowest BCUT2D eigenvalue weighted by atomic mass is 9.85. The highest BCUT2D eigenvalue weighted by molar-refractivity contribution is 6.24. The summed E-state index contributed by atoms with van der Waals surface area (Å²) in [6, 6.07) is -0.236. The predicted molar refractivity (Wildman–Crippen MR) is 73.4 cm³/mol. The second kappa shape index (κ2) is 5.26. The zero-order valence-electron chi connectivity index (χ0n) is 11.3. The first-order chi connectivity index (χ1) is 9.65. The minimum absolute atomic E-state index is 0.0414. The monoisotopic (exact) mass is 277 g/mol. The van der Waals surface area contributed by atoms with E-state index in [1.165, 1.54) is 43.2 Å². The number of aliphatic imine (C=N–C) groups is 1. The molecule has 3 rings (SSSR count). The molecule has 0 aromatic carbocycles. The third-order valence-corrected chi connectivity index (χ3v) is 4.34. The van der Waals surface area contributed by atoms with Gasteiger partial charge in [0, 0.05) is 6.20 Å². The van der Waals surface area contributed by atoms with Crippen LogP contribution < -0.4 is 5.32 Å². The molecule has 2 heterocycles. The Morgan fingerprint density at radius 1 is 1.40 bits per heavy atom. The van der Waals surface area contributed by atoms with E-state index in [1.807, 2.05) is 0 Å². The third kappa shape index (κ3) is 2.42. The van der Waals surface area contributed by atoms with E-state index in [9.17, 15) is 9.59 Å². The number of nitrogens with one attached hydrogen (secondary N) is 1. The van der Waals surface area contributed by atoms with E-state index >= 15 is 0 Å². The van der Waals surface area contributed by atoms with E-state index < -0.39 is 5.97 Å². The molecule has 2 amide bonds. The average Bonchev–Trinajstić information content (AvgIpc) is 2.84. The van der Waals surface area contributed by atoms with Crippen molar-refractivity contribution in [2.24, 2.45) is 10.9 Å². The quantitative estimate of drug-likeness (QED) is 0.824. The van der Waals surface area contributed by atoms with Crippen molar-refractivity contribution in [3.8, 4) is 0 Å². The number of nitrogens with zero attached hydrogens (tertiary/aromatic N) is 2. The molecule has 0 bridgehead atoms. The summed E-state index contributed by atoms with van der Waals surface area (Å²) in [5.41, 5.74) is 0.0794. The standard InChI is InChI=1S/C14H19N3O3/c18-13(19)11-7-15-14(20)17-8-10(16-12(11)17)6-9-4-2-1-3-5-9/h7,9-10H,1-6,8H2,(H,15,20)(H,18,19). The van der Waals surface area contributed by atoms with Crippen LogP contribution in [0.3, 0.4) is 0 Å². The Morgan fingerprint density at radius 2 is 2.15 bits per heavy atom. The van der Waals surface area contributed by atoms with Gasteiger partial charge < -0.3 is 10.4 Å². The summed E-state index contributed by atoms with van der Waals surface area (Å²) in [7, 11) is 0. The molecular formula is C14H19N3O3. The van der Waals surface area contributed by atoms with Gasteiger partial charge in [-0.2, -0.15) is 0 Å². The van der Waals surface area contributed by atoms with Gasteiger partial charge in [0.25, 0.3) is 0 Å². The van der Waals surface area contributed by atoms with Gasteiger partial charge in [-0.25, -0.2) is 9.59 Å². The summed E-state index contributed by atoms with van der Waals surface area (Å²) in [5, 5.41) is 11.6. The van der Waals surface area contributed by atoms with Gasteiger partial charge in [0.2, 0.25) is 0 Å². The maximum atomic E-state index is 11.8. The number of carbonyl (C=O) groups is 2. The van der Waals surface area contributed by atoms with Crippen LogP contribution in [-0.4, -0.2) is 40.4 Å². The number of fused-ring (bicyclic) bond motifs is 1. The second-order valence-electron chi connectivity index (χ2n) is 5.77. The van der Waals surface area contributed by atoms with Gasteiger partial charge in [-0.3, -0.25) is 9.89 Å². The Morgan fingerprint density at radius 3 is 2.85 bits per heavy atom. The van der Waals surface area contributed by atoms with Crippen LogP contribution in [0.15, 0.2) is 16.8 Å². The van der Waals surface area contributed by atoms with Gasteiger partial charge in [0.15, 0.2) is 0 Å². The van der Waals surface area contributed by atoms with Gasteiger partial charge in [-0.05, 0) is 12.3 Å². The molecule has 2 aliphatic heterocycles. The van der Waals surface area contributed by atoms with Crippen molar-refractivity contribution in [2.75, 3.05) is 6.54 Å². The first kappa shape index (κ1) is 13.1. The molecule has 0 saturated heterocycles. The highest BCUT2D eigenvalue weighted by Gasteiger charge is 2.37. The van der Waals surface area contributed by atoms with E-state index in [1.54, 1.807) is 0 Å². The van der Waals surface area contributed by atoms with Crippen LogP contribution in [0, 0.1) is 5.92 Å². The molecule has 1 saturated carbocycles. The molecule has 1 aliphatic carbocycles. The van der Waals surface area contributed by atoms with Crippen LogP contribution >= 0.6 is 0 Å². The minimum atomic E-state index is -1.05. The van der Waals surface area contributed by atoms with Crippen LogP contribution in [0.4, 0.5) is 4.79 Å². The number of aliphatic carboxylic acids is 1. The van der Waals surface area contributed by atoms with Crippen LogP contribution in [-0.2, 0) is 4.79 Å². The number of carbonyl (C=O) groups excluding carboxylic acids is 1. The fourth-order valence-corrected chi connectivity index (χ4v) is 3.34. The molecule has 0 aromatic heterocycles. The van der Waals surface area contributed by atoms with Crippen LogP contribution in [0.2, 0.25) is 0 Å². The molecule has 6 nitrogen and oxygen atoms in total. The zero-order valence-corrected chi connectivity index (χ0v) is 11.3. The maximum Gasteiger partial charge on any atom is 0.340 e. The molecular weight excluding hydrogens is 258 g/mol. The summed E-state index contributed by atoms with van der Waals surface area (Å²) in [6.45, 7) is 0.502.